The number of hydrogen-bond acceptors (Lipinski definition) is 5. The van der Waals surface area contributed by atoms with Crippen LogP contribution in [0.2, 0.25) is 5.02 Å². The molecule has 0 atom stereocenters. The van der Waals surface area contributed by atoms with Gasteiger partial charge in [0.05, 0.1) is 18.3 Å². The number of aryl methyl sites for hydroxylation is 1. The monoisotopic (exact) mass is 388 g/mol. The van der Waals surface area contributed by atoms with Crippen LogP contribution in [0.25, 0.3) is 0 Å². The van der Waals surface area contributed by atoms with E-state index in [-0.39, 0.29) is 12.5 Å². The Labute approximate surface area is 163 Å². The molecule has 0 radical (unpaired) electrons. The van der Waals surface area contributed by atoms with Crippen LogP contribution in [-0.2, 0) is 9.63 Å². The predicted octanol–water partition coefficient (Wildman–Crippen LogP) is 4.21. The Balaban J connectivity index is 1.91. The number of benzene rings is 2. The maximum absolute atomic E-state index is 11.8. The van der Waals surface area contributed by atoms with E-state index in [9.17, 15) is 4.79 Å². The van der Waals surface area contributed by atoms with Crippen molar-refractivity contribution >= 4 is 29.4 Å². The summed E-state index contributed by atoms with van der Waals surface area (Å²) in [7, 11) is 1.51. The van der Waals surface area contributed by atoms with E-state index in [4.69, 9.17) is 25.9 Å². The van der Waals surface area contributed by atoms with Gasteiger partial charge in [0.25, 0.3) is 5.91 Å². The SMILES string of the molecule is C=CCOc1c(Cl)cc(/C=N/OCC(=O)Nc2ccc(C)cc2)cc1OC. The Morgan fingerprint density at radius 2 is 2.04 bits per heavy atom. The largest absolute Gasteiger partial charge is 0.493 e. The summed E-state index contributed by atoms with van der Waals surface area (Å²) >= 11 is 6.21. The van der Waals surface area contributed by atoms with Crippen molar-refractivity contribution in [1.82, 2.24) is 0 Å². The Hall–Kier alpha value is -2.99. The first-order valence-corrected chi connectivity index (χ1v) is 8.54. The number of oxime groups is 1. The third-order valence-electron chi connectivity index (χ3n) is 3.40. The van der Waals surface area contributed by atoms with Crippen LogP contribution >= 0.6 is 11.6 Å². The van der Waals surface area contributed by atoms with Gasteiger partial charge >= 0.3 is 0 Å². The molecular formula is C20H21ClN2O4. The third-order valence-corrected chi connectivity index (χ3v) is 3.69. The van der Waals surface area contributed by atoms with Crippen molar-refractivity contribution in [2.45, 2.75) is 6.92 Å². The van der Waals surface area contributed by atoms with Crippen LogP contribution < -0.4 is 14.8 Å². The first kappa shape index (κ1) is 20.3. The Morgan fingerprint density at radius 3 is 2.70 bits per heavy atom. The molecule has 2 aromatic rings. The zero-order valence-corrected chi connectivity index (χ0v) is 16.0. The molecule has 7 heteroatoms. The third kappa shape index (κ3) is 6.34. The highest BCUT2D eigenvalue weighted by molar-refractivity contribution is 6.32. The molecule has 0 saturated heterocycles. The minimum Gasteiger partial charge on any atom is -0.493 e. The van der Waals surface area contributed by atoms with E-state index in [1.54, 1.807) is 18.2 Å². The van der Waals surface area contributed by atoms with Crippen molar-refractivity contribution in [2.24, 2.45) is 5.16 Å². The number of nitrogens with one attached hydrogen (secondary N) is 1. The molecule has 0 aliphatic carbocycles. The number of ether oxygens (including phenoxy) is 2. The summed E-state index contributed by atoms with van der Waals surface area (Å²) in [6.45, 7) is 5.66. The van der Waals surface area contributed by atoms with Gasteiger partial charge in [-0.1, -0.05) is 47.1 Å². The normalized spacial score (nSPS) is 10.5. The Morgan fingerprint density at radius 1 is 1.30 bits per heavy atom. The molecular weight excluding hydrogens is 368 g/mol. The van der Waals surface area contributed by atoms with Crippen LogP contribution in [0.15, 0.2) is 54.2 Å². The molecule has 2 rings (SSSR count). The summed E-state index contributed by atoms with van der Waals surface area (Å²) in [6, 6.07) is 10.8. The molecule has 0 unspecified atom stereocenters. The fourth-order valence-corrected chi connectivity index (χ4v) is 2.40. The van der Waals surface area contributed by atoms with Crippen LogP contribution in [0.5, 0.6) is 11.5 Å². The van der Waals surface area contributed by atoms with Crippen LogP contribution in [0.1, 0.15) is 11.1 Å². The fraction of sp³-hybridized carbons (Fsp3) is 0.200. The fourth-order valence-electron chi connectivity index (χ4n) is 2.12. The summed E-state index contributed by atoms with van der Waals surface area (Å²) < 4.78 is 10.8. The number of rotatable bonds is 9. The number of carbonyl (C=O) groups excluding carboxylic acids is 1. The van der Waals surface area contributed by atoms with E-state index in [1.165, 1.54) is 13.3 Å². The van der Waals surface area contributed by atoms with E-state index >= 15 is 0 Å². The van der Waals surface area contributed by atoms with Crippen molar-refractivity contribution in [3.63, 3.8) is 0 Å². The van der Waals surface area contributed by atoms with Gasteiger partial charge in [-0.05, 0) is 31.2 Å². The lowest BCUT2D eigenvalue weighted by molar-refractivity contribution is -0.120. The number of anilines is 1. The van der Waals surface area contributed by atoms with Gasteiger partial charge in [-0.3, -0.25) is 4.79 Å². The topological polar surface area (TPSA) is 69.2 Å². The van der Waals surface area contributed by atoms with Gasteiger partial charge in [-0.15, -0.1) is 0 Å². The molecule has 0 aromatic heterocycles. The highest BCUT2D eigenvalue weighted by Gasteiger charge is 2.11. The van der Waals surface area contributed by atoms with E-state index < -0.39 is 0 Å². The summed E-state index contributed by atoms with van der Waals surface area (Å²) in [5.74, 6) is 0.581. The lowest BCUT2D eigenvalue weighted by Crippen LogP contribution is -2.16. The van der Waals surface area contributed by atoms with E-state index in [1.807, 2.05) is 31.2 Å². The average Bonchev–Trinajstić information content (AvgIpc) is 2.66. The lowest BCUT2D eigenvalue weighted by atomic mass is 10.2. The lowest BCUT2D eigenvalue weighted by Gasteiger charge is -2.11. The van der Waals surface area contributed by atoms with Crippen molar-refractivity contribution in [2.75, 3.05) is 25.6 Å². The van der Waals surface area contributed by atoms with Gasteiger partial charge < -0.3 is 19.6 Å². The molecule has 0 aliphatic heterocycles. The van der Waals surface area contributed by atoms with Crippen molar-refractivity contribution in [1.29, 1.82) is 0 Å². The summed E-state index contributed by atoms with van der Waals surface area (Å²) in [6.07, 6.45) is 3.05. The first-order valence-electron chi connectivity index (χ1n) is 8.16. The molecule has 1 N–H and O–H groups in total. The summed E-state index contributed by atoms with van der Waals surface area (Å²) in [4.78, 5) is 16.9. The van der Waals surface area contributed by atoms with Gasteiger partial charge in [0.15, 0.2) is 18.1 Å². The van der Waals surface area contributed by atoms with E-state index in [0.29, 0.717) is 34.4 Å². The minimum atomic E-state index is -0.306. The second-order valence-electron chi connectivity index (χ2n) is 5.56. The van der Waals surface area contributed by atoms with Crippen LogP contribution in [0.4, 0.5) is 5.69 Å². The summed E-state index contributed by atoms with van der Waals surface area (Å²) in [5.41, 5.74) is 2.45. The number of hydrogen-bond donors (Lipinski definition) is 1. The number of methoxy groups -OCH3 is 1. The molecule has 27 heavy (non-hydrogen) atoms. The number of amides is 1. The molecule has 0 bridgehead atoms. The first-order chi connectivity index (χ1) is 13.0. The minimum absolute atomic E-state index is 0.213. The second kappa shape index (κ2) is 10.2. The van der Waals surface area contributed by atoms with E-state index in [2.05, 4.69) is 17.1 Å². The molecule has 142 valence electrons. The van der Waals surface area contributed by atoms with Crippen molar-refractivity contribution < 1.29 is 19.1 Å². The van der Waals surface area contributed by atoms with Gasteiger partial charge in [0.2, 0.25) is 0 Å². The van der Waals surface area contributed by atoms with Crippen molar-refractivity contribution in [3.8, 4) is 11.5 Å². The molecule has 0 fully saturated rings. The smallest absolute Gasteiger partial charge is 0.265 e. The average molecular weight is 389 g/mol. The number of halogens is 1. The van der Waals surface area contributed by atoms with Crippen LogP contribution in [0.3, 0.4) is 0 Å². The molecule has 0 aliphatic rings. The number of carbonyl (C=O) groups is 1. The van der Waals surface area contributed by atoms with Gasteiger partial charge in [0, 0.05) is 11.3 Å². The summed E-state index contributed by atoms with van der Waals surface area (Å²) in [5, 5.41) is 6.88. The highest BCUT2D eigenvalue weighted by atomic mass is 35.5. The Kier molecular flexibility index (Phi) is 7.70. The zero-order chi connectivity index (χ0) is 19.6. The molecule has 0 saturated carbocycles. The molecule has 1 amide bonds. The number of nitrogens with zero attached hydrogens (tertiary/aromatic N) is 1. The quantitative estimate of drug-likeness (QED) is 0.397. The Bertz CT molecular complexity index is 819. The molecule has 2 aromatic carbocycles. The van der Waals surface area contributed by atoms with Gasteiger partial charge in [-0.25, -0.2) is 0 Å². The zero-order valence-electron chi connectivity index (χ0n) is 15.2. The maximum Gasteiger partial charge on any atom is 0.265 e. The predicted molar refractivity (Wildman–Crippen MR) is 107 cm³/mol. The van der Waals surface area contributed by atoms with Crippen LogP contribution in [0, 0.1) is 6.92 Å². The van der Waals surface area contributed by atoms with E-state index in [0.717, 1.165) is 5.56 Å². The molecule has 6 nitrogen and oxygen atoms in total. The molecule has 0 heterocycles. The second-order valence-corrected chi connectivity index (χ2v) is 5.96. The van der Waals surface area contributed by atoms with Crippen molar-refractivity contribution in [3.05, 3.63) is 65.2 Å². The molecule has 0 spiro atoms. The van der Waals surface area contributed by atoms with Crippen LogP contribution in [-0.4, -0.2) is 32.4 Å². The maximum atomic E-state index is 11.8. The van der Waals surface area contributed by atoms with Gasteiger partial charge in [-0.2, -0.15) is 0 Å². The highest BCUT2D eigenvalue weighted by Crippen LogP contribution is 2.36. The standard InChI is InChI=1S/C20H21ClN2O4/c1-4-9-26-20-17(21)10-15(11-18(20)25-3)12-22-27-13-19(24)23-16-7-5-14(2)6-8-16/h4-8,10-12H,1,9,13H2,2-3H3,(H,23,24)/b22-12+. The van der Waals surface area contributed by atoms with Gasteiger partial charge in [0.1, 0.15) is 6.61 Å².